The van der Waals surface area contributed by atoms with E-state index in [-0.39, 0.29) is 11.8 Å². The summed E-state index contributed by atoms with van der Waals surface area (Å²) >= 11 is 0. The van der Waals surface area contributed by atoms with Gasteiger partial charge < -0.3 is 10.2 Å². The monoisotopic (exact) mass is 315 g/mol. The standard InChI is InChI=1S/C18H25N3O2/c1-3-18(23)21-12-10-20(11-13-21)14-17(22)19-9-8-16-6-4-15(2)5-7-16/h3-7H,1,8-14H2,2H3,(H,19,22). The number of hydrogen-bond donors (Lipinski definition) is 1. The van der Waals surface area contributed by atoms with Gasteiger partial charge in [-0.15, -0.1) is 0 Å². The molecule has 2 rings (SSSR count). The number of hydrogen-bond acceptors (Lipinski definition) is 3. The molecule has 1 N–H and O–H groups in total. The fraction of sp³-hybridized carbons (Fsp3) is 0.444. The number of carbonyl (C=O) groups excluding carboxylic acids is 2. The average molecular weight is 315 g/mol. The van der Waals surface area contributed by atoms with Crippen molar-refractivity contribution >= 4 is 11.8 Å². The molecule has 0 aliphatic carbocycles. The lowest BCUT2D eigenvalue weighted by atomic mass is 10.1. The molecule has 0 aromatic heterocycles. The number of nitrogens with one attached hydrogen (secondary N) is 1. The molecule has 1 aromatic carbocycles. The van der Waals surface area contributed by atoms with Crippen molar-refractivity contribution in [2.75, 3.05) is 39.3 Å². The SMILES string of the molecule is C=CC(=O)N1CCN(CC(=O)NCCc2ccc(C)cc2)CC1. The van der Waals surface area contributed by atoms with Crippen LogP contribution in [-0.4, -0.2) is 60.9 Å². The maximum atomic E-state index is 12.0. The Kier molecular flexibility index (Phi) is 6.35. The molecular weight excluding hydrogens is 290 g/mol. The maximum Gasteiger partial charge on any atom is 0.246 e. The van der Waals surface area contributed by atoms with Crippen molar-refractivity contribution in [2.45, 2.75) is 13.3 Å². The summed E-state index contributed by atoms with van der Waals surface area (Å²) in [7, 11) is 0. The van der Waals surface area contributed by atoms with Crippen LogP contribution in [0.15, 0.2) is 36.9 Å². The van der Waals surface area contributed by atoms with Crippen molar-refractivity contribution in [3.05, 3.63) is 48.0 Å². The molecule has 1 saturated heterocycles. The first-order valence-electron chi connectivity index (χ1n) is 8.04. The van der Waals surface area contributed by atoms with Crippen molar-refractivity contribution in [1.29, 1.82) is 0 Å². The van der Waals surface area contributed by atoms with Gasteiger partial charge in [0.2, 0.25) is 11.8 Å². The third-order valence-electron chi connectivity index (χ3n) is 4.08. The minimum absolute atomic E-state index is 0.0350. The van der Waals surface area contributed by atoms with Crippen molar-refractivity contribution < 1.29 is 9.59 Å². The number of benzene rings is 1. The van der Waals surface area contributed by atoms with Gasteiger partial charge in [0.25, 0.3) is 0 Å². The number of aryl methyl sites for hydroxylation is 1. The van der Waals surface area contributed by atoms with Crippen LogP contribution in [0, 0.1) is 6.92 Å². The predicted octanol–water partition coefficient (Wildman–Crippen LogP) is 0.984. The van der Waals surface area contributed by atoms with Crippen LogP contribution in [0.2, 0.25) is 0 Å². The van der Waals surface area contributed by atoms with Crippen LogP contribution in [0.3, 0.4) is 0 Å². The van der Waals surface area contributed by atoms with Crippen LogP contribution < -0.4 is 5.32 Å². The fourth-order valence-corrected chi connectivity index (χ4v) is 2.62. The van der Waals surface area contributed by atoms with E-state index >= 15 is 0 Å². The predicted molar refractivity (Wildman–Crippen MR) is 91.1 cm³/mol. The molecule has 1 aliphatic heterocycles. The second-order valence-corrected chi connectivity index (χ2v) is 5.89. The lowest BCUT2D eigenvalue weighted by Gasteiger charge is -2.33. The van der Waals surface area contributed by atoms with E-state index in [1.54, 1.807) is 4.90 Å². The van der Waals surface area contributed by atoms with Gasteiger partial charge >= 0.3 is 0 Å². The summed E-state index contributed by atoms with van der Waals surface area (Å²) < 4.78 is 0. The second kappa shape index (κ2) is 8.48. The lowest BCUT2D eigenvalue weighted by molar-refractivity contribution is -0.128. The molecule has 5 heteroatoms. The van der Waals surface area contributed by atoms with Gasteiger partial charge in [0, 0.05) is 32.7 Å². The number of piperazine rings is 1. The fourth-order valence-electron chi connectivity index (χ4n) is 2.62. The van der Waals surface area contributed by atoms with E-state index in [0.29, 0.717) is 26.2 Å². The zero-order valence-electron chi connectivity index (χ0n) is 13.8. The third kappa shape index (κ3) is 5.53. The summed E-state index contributed by atoms with van der Waals surface area (Å²) in [4.78, 5) is 27.3. The highest BCUT2D eigenvalue weighted by Crippen LogP contribution is 2.04. The Balaban J connectivity index is 1.64. The quantitative estimate of drug-likeness (QED) is 0.796. The van der Waals surface area contributed by atoms with Gasteiger partial charge in [-0.2, -0.15) is 0 Å². The number of amides is 2. The van der Waals surface area contributed by atoms with E-state index in [0.717, 1.165) is 19.5 Å². The van der Waals surface area contributed by atoms with Crippen molar-refractivity contribution in [1.82, 2.24) is 15.1 Å². The molecule has 0 radical (unpaired) electrons. The van der Waals surface area contributed by atoms with E-state index < -0.39 is 0 Å². The normalized spacial score (nSPS) is 15.3. The minimum Gasteiger partial charge on any atom is -0.355 e. The molecule has 5 nitrogen and oxygen atoms in total. The molecule has 1 fully saturated rings. The molecule has 1 aromatic rings. The molecule has 23 heavy (non-hydrogen) atoms. The first-order valence-corrected chi connectivity index (χ1v) is 8.04. The second-order valence-electron chi connectivity index (χ2n) is 5.89. The Morgan fingerprint density at radius 1 is 1.17 bits per heavy atom. The average Bonchev–Trinajstić information content (AvgIpc) is 2.56. The van der Waals surface area contributed by atoms with Gasteiger partial charge in [-0.3, -0.25) is 14.5 Å². The van der Waals surface area contributed by atoms with Gasteiger partial charge in [-0.05, 0) is 25.0 Å². The Morgan fingerprint density at radius 2 is 1.83 bits per heavy atom. The largest absolute Gasteiger partial charge is 0.355 e. The van der Waals surface area contributed by atoms with Crippen LogP contribution in [0.4, 0.5) is 0 Å². The van der Waals surface area contributed by atoms with Gasteiger partial charge in [-0.25, -0.2) is 0 Å². The van der Waals surface area contributed by atoms with Crippen molar-refractivity contribution in [3.8, 4) is 0 Å². The summed E-state index contributed by atoms with van der Waals surface area (Å²) in [5.41, 5.74) is 2.47. The Hall–Kier alpha value is -2.14. The third-order valence-corrected chi connectivity index (χ3v) is 4.08. The number of rotatable bonds is 6. The zero-order chi connectivity index (χ0) is 16.7. The lowest BCUT2D eigenvalue weighted by Crippen LogP contribution is -2.50. The number of nitrogens with zero attached hydrogens (tertiary/aromatic N) is 2. The first-order chi connectivity index (χ1) is 11.1. The van der Waals surface area contributed by atoms with Crippen LogP contribution in [-0.2, 0) is 16.0 Å². The van der Waals surface area contributed by atoms with Crippen LogP contribution in [0.1, 0.15) is 11.1 Å². The Bertz CT molecular complexity index is 546. The summed E-state index contributed by atoms with van der Waals surface area (Å²) in [6, 6.07) is 8.36. The highest BCUT2D eigenvalue weighted by atomic mass is 16.2. The molecule has 1 heterocycles. The number of carbonyl (C=O) groups is 2. The van der Waals surface area contributed by atoms with Crippen LogP contribution in [0.5, 0.6) is 0 Å². The molecule has 0 spiro atoms. The van der Waals surface area contributed by atoms with Crippen LogP contribution >= 0.6 is 0 Å². The van der Waals surface area contributed by atoms with Crippen molar-refractivity contribution in [3.63, 3.8) is 0 Å². The summed E-state index contributed by atoms with van der Waals surface area (Å²) in [6.07, 6.45) is 2.18. The highest BCUT2D eigenvalue weighted by Gasteiger charge is 2.20. The highest BCUT2D eigenvalue weighted by molar-refractivity contribution is 5.87. The van der Waals surface area contributed by atoms with Gasteiger partial charge in [0.05, 0.1) is 6.54 Å². The minimum atomic E-state index is -0.0350. The molecule has 124 valence electrons. The van der Waals surface area contributed by atoms with Gasteiger partial charge in [0.1, 0.15) is 0 Å². The Morgan fingerprint density at radius 3 is 2.43 bits per heavy atom. The van der Waals surface area contributed by atoms with E-state index in [1.165, 1.54) is 17.2 Å². The molecule has 0 bridgehead atoms. The van der Waals surface area contributed by atoms with E-state index in [2.05, 4.69) is 48.0 Å². The molecule has 2 amide bonds. The van der Waals surface area contributed by atoms with E-state index in [4.69, 9.17) is 0 Å². The molecule has 0 saturated carbocycles. The molecular formula is C18H25N3O2. The molecule has 0 unspecified atom stereocenters. The summed E-state index contributed by atoms with van der Waals surface area (Å²) in [5, 5.41) is 2.96. The zero-order valence-corrected chi connectivity index (χ0v) is 13.8. The Labute approximate surface area is 138 Å². The topological polar surface area (TPSA) is 52.7 Å². The van der Waals surface area contributed by atoms with Gasteiger partial charge in [-0.1, -0.05) is 36.4 Å². The van der Waals surface area contributed by atoms with Gasteiger partial charge in [0.15, 0.2) is 0 Å². The smallest absolute Gasteiger partial charge is 0.246 e. The molecule has 0 atom stereocenters. The first kappa shape index (κ1) is 17.2. The molecule has 1 aliphatic rings. The maximum absolute atomic E-state index is 12.0. The summed E-state index contributed by atoms with van der Waals surface area (Å²) in [6.45, 7) is 9.37. The van der Waals surface area contributed by atoms with Crippen LogP contribution in [0.25, 0.3) is 0 Å². The summed E-state index contributed by atoms with van der Waals surface area (Å²) in [5.74, 6) is 0.00723. The van der Waals surface area contributed by atoms with E-state index in [9.17, 15) is 9.59 Å². The van der Waals surface area contributed by atoms with Crippen molar-refractivity contribution in [2.24, 2.45) is 0 Å². The van der Waals surface area contributed by atoms with E-state index in [1.807, 2.05) is 0 Å².